The normalized spacial score (nSPS) is 22.1. The van der Waals surface area contributed by atoms with Crippen LogP contribution in [0, 0.1) is 0 Å². The van der Waals surface area contributed by atoms with E-state index in [1.165, 1.54) is 11.1 Å². The van der Waals surface area contributed by atoms with E-state index < -0.39 is 0 Å². The van der Waals surface area contributed by atoms with E-state index in [-0.39, 0.29) is 17.6 Å². The molecule has 2 atom stereocenters. The fourth-order valence-corrected chi connectivity index (χ4v) is 5.31. The van der Waals surface area contributed by atoms with Gasteiger partial charge in [0.05, 0.1) is 23.3 Å². The summed E-state index contributed by atoms with van der Waals surface area (Å²) >= 11 is 12.8. The van der Waals surface area contributed by atoms with Crippen molar-refractivity contribution in [1.82, 2.24) is 20.1 Å². The molecule has 2 aromatic rings. The Bertz CT molecular complexity index is 1050. The average Bonchev–Trinajstić information content (AvgIpc) is 3.06. The summed E-state index contributed by atoms with van der Waals surface area (Å²) in [5.74, 6) is 0. The molecule has 1 aromatic carbocycles. The Morgan fingerprint density at radius 2 is 2.00 bits per heavy atom. The van der Waals surface area contributed by atoms with E-state index in [1.807, 2.05) is 18.3 Å². The van der Waals surface area contributed by atoms with E-state index in [2.05, 4.69) is 91.2 Å². The number of fused-ring (bicyclic) bond motifs is 1. The number of halogens is 1. The van der Waals surface area contributed by atoms with Crippen molar-refractivity contribution in [3.63, 3.8) is 0 Å². The Morgan fingerprint density at radius 3 is 2.66 bits per heavy atom. The predicted molar refractivity (Wildman–Crippen MR) is 138 cm³/mol. The SMILES string of the molecule is CC1=CC(C)(C)N(C)c2cc(Cl)c([C@H]3[C@H](c4ccccn4)NC(=S)N3CCN(C)C)cc21. The number of aromatic nitrogens is 1. The fourth-order valence-electron chi connectivity index (χ4n) is 4.71. The quantitative estimate of drug-likeness (QED) is 0.627. The molecule has 0 spiro atoms. The highest BCUT2D eigenvalue weighted by Crippen LogP contribution is 2.46. The molecular weight excluding hydrogens is 438 g/mol. The van der Waals surface area contributed by atoms with Gasteiger partial charge in [0.25, 0.3) is 0 Å². The summed E-state index contributed by atoms with van der Waals surface area (Å²) in [6.45, 7) is 8.33. The van der Waals surface area contributed by atoms with Crippen LogP contribution in [0.1, 0.15) is 49.7 Å². The Hall–Kier alpha value is -2.15. The molecule has 0 bridgehead atoms. The fraction of sp³-hybridized carbons (Fsp3) is 0.440. The third kappa shape index (κ3) is 4.12. The molecule has 0 amide bonds. The van der Waals surface area contributed by atoms with E-state index in [1.54, 1.807) is 0 Å². The molecule has 2 aliphatic rings. The number of anilines is 1. The van der Waals surface area contributed by atoms with Gasteiger partial charge in [0, 0.05) is 42.6 Å². The van der Waals surface area contributed by atoms with Gasteiger partial charge in [-0.05, 0) is 82.5 Å². The Kier molecular flexibility index (Phi) is 6.23. The van der Waals surface area contributed by atoms with Crippen molar-refractivity contribution in [3.8, 4) is 0 Å². The molecular formula is C25H32ClN5S. The lowest BCUT2D eigenvalue weighted by Crippen LogP contribution is -2.42. The van der Waals surface area contributed by atoms with Crippen molar-refractivity contribution in [2.75, 3.05) is 39.1 Å². The highest BCUT2D eigenvalue weighted by Gasteiger charge is 2.41. The monoisotopic (exact) mass is 469 g/mol. The lowest BCUT2D eigenvalue weighted by molar-refractivity contribution is 0.278. The van der Waals surface area contributed by atoms with Crippen LogP contribution in [0.5, 0.6) is 0 Å². The van der Waals surface area contributed by atoms with Gasteiger partial charge in [-0.3, -0.25) is 4.98 Å². The standard InChI is InChI=1S/C25H32ClN5S/c1-16-15-25(2,3)30(6)21-14-19(26)18(13-17(16)21)23-22(20-9-7-8-10-27-20)28-24(32)31(23)12-11-29(4)5/h7-10,13-15,22-23H,11-12H2,1-6H3,(H,28,32)/t22-,23-/m0/s1. The summed E-state index contributed by atoms with van der Waals surface area (Å²) in [6.07, 6.45) is 4.16. The molecule has 0 radical (unpaired) electrons. The topological polar surface area (TPSA) is 34.6 Å². The molecule has 2 aliphatic heterocycles. The molecule has 1 saturated heterocycles. The number of pyridine rings is 1. The number of thiocarbonyl (C=S) groups is 1. The first-order valence-electron chi connectivity index (χ1n) is 11.0. The van der Waals surface area contributed by atoms with Crippen LogP contribution in [0.3, 0.4) is 0 Å². The molecule has 4 rings (SSSR count). The second-order valence-corrected chi connectivity index (χ2v) is 10.3. The maximum atomic E-state index is 7.00. The first kappa shape index (κ1) is 23.0. The lowest BCUT2D eigenvalue weighted by Gasteiger charge is -2.41. The van der Waals surface area contributed by atoms with Crippen molar-refractivity contribution >= 4 is 40.2 Å². The van der Waals surface area contributed by atoms with Gasteiger partial charge in [0.15, 0.2) is 5.11 Å². The van der Waals surface area contributed by atoms with Crippen molar-refractivity contribution in [3.05, 3.63) is 64.4 Å². The van der Waals surface area contributed by atoms with Gasteiger partial charge < -0.3 is 20.0 Å². The van der Waals surface area contributed by atoms with Crippen LogP contribution in [0.15, 0.2) is 42.6 Å². The highest BCUT2D eigenvalue weighted by molar-refractivity contribution is 7.80. The third-order valence-corrected chi connectivity index (χ3v) is 7.32. The van der Waals surface area contributed by atoms with E-state index in [9.17, 15) is 0 Å². The number of allylic oxidation sites excluding steroid dienone is 1. The number of rotatable bonds is 5. The van der Waals surface area contributed by atoms with Gasteiger partial charge in [-0.25, -0.2) is 0 Å². The van der Waals surface area contributed by atoms with Crippen LogP contribution < -0.4 is 10.2 Å². The number of nitrogens with zero attached hydrogens (tertiary/aromatic N) is 4. The summed E-state index contributed by atoms with van der Waals surface area (Å²) in [4.78, 5) is 11.4. The number of benzene rings is 1. The summed E-state index contributed by atoms with van der Waals surface area (Å²) in [7, 11) is 6.29. The second kappa shape index (κ2) is 8.65. The minimum atomic E-state index is -0.0662. The minimum Gasteiger partial charge on any atom is -0.365 e. The number of nitrogens with one attached hydrogen (secondary N) is 1. The molecule has 0 unspecified atom stereocenters. The second-order valence-electron chi connectivity index (χ2n) is 9.55. The maximum Gasteiger partial charge on any atom is 0.170 e. The molecule has 0 saturated carbocycles. The molecule has 1 fully saturated rings. The van der Waals surface area contributed by atoms with Crippen molar-refractivity contribution in [1.29, 1.82) is 0 Å². The van der Waals surface area contributed by atoms with E-state index in [0.29, 0.717) is 0 Å². The van der Waals surface area contributed by atoms with E-state index >= 15 is 0 Å². The average molecular weight is 470 g/mol. The molecule has 1 N–H and O–H groups in total. The molecule has 3 heterocycles. The van der Waals surface area contributed by atoms with Gasteiger partial charge >= 0.3 is 0 Å². The van der Waals surface area contributed by atoms with E-state index in [0.717, 1.165) is 40.2 Å². The predicted octanol–water partition coefficient (Wildman–Crippen LogP) is 4.90. The van der Waals surface area contributed by atoms with Crippen LogP contribution in [0.4, 0.5) is 5.69 Å². The molecule has 0 aliphatic carbocycles. The zero-order valence-electron chi connectivity index (χ0n) is 19.7. The lowest BCUT2D eigenvalue weighted by atomic mass is 9.86. The smallest absolute Gasteiger partial charge is 0.170 e. The number of hydrogen-bond donors (Lipinski definition) is 1. The maximum absolute atomic E-state index is 7.00. The van der Waals surface area contributed by atoms with Gasteiger partial charge in [0.2, 0.25) is 0 Å². The first-order valence-corrected chi connectivity index (χ1v) is 11.8. The molecule has 32 heavy (non-hydrogen) atoms. The van der Waals surface area contributed by atoms with Crippen molar-refractivity contribution < 1.29 is 0 Å². The van der Waals surface area contributed by atoms with Crippen molar-refractivity contribution in [2.45, 2.75) is 38.4 Å². The molecule has 5 nitrogen and oxygen atoms in total. The van der Waals surface area contributed by atoms with Gasteiger partial charge in [-0.2, -0.15) is 0 Å². The van der Waals surface area contributed by atoms with Crippen molar-refractivity contribution in [2.24, 2.45) is 0 Å². The van der Waals surface area contributed by atoms with E-state index in [4.69, 9.17) is 23.8 Å². The first-order chi connectivity index (χ1) is 15.1. The Balaban J connectivity index is 1.83. The van der Waals surface area contributed by atoms with Crippen LogP contribution in [-0.4, -0.2) is 59.7 Å². The largest absolute Gasteiger partial charge is 0.365 e. The summed E-state index contributed by atoms with van der Waals surface area (Å²) < 4.78 is 0. The van der Waals surface area contributed by atoms with Crippen LogP contribution in [0.25, 0.3) is 5.57 Å². The van der Waals surface area contributed by atoms with Gasteiger partial charge in [-0.1, -0.05) is 23.7 Å². The van der Waals surface area contributed by atoms with Crippen LogP contribution in [-0.2, 0) is 0 Å². The van der Waals surface area contributed by atoms with Crippen LogP contribution >= 0.6 is 23.8 Å². The zero-order chi connectivity index (χ0) is 23.2. The Morgan fingerprint density at radius 1 is 1.25 bits per heavy atom. The molecule has 1 aromatic heterocycles. The minimum absolute atomic E-state index is 0.0387. The molecule has 7 heteroatoms. The third-order valence-electron chi connectivity index (χ3n) is 6.64. The number of hydrogen-bond acceptors (Lipinski definition) is 4. The number of likely N-dealkylation sites (N-methyl/N-ethyl adjacent to an activating group) is 2. The Labute approximate surface area is 202 Å². The van der Waals surface area contributed by atoms with Gasteiger partial charge in [0.1, 0.15) is 0 Å². The zero-order valence-corrected chi connectivity index (χ0v) is 21.3. The van der Waals surface area contributed by atoms with Gasteiger partial charge in [-0.15, -0.1) is 0 Å². The van der Waals surface area contributed by atoms with Crippen LogP contribution in [0.2, 0.25) is 5.02 Å². The summed E-state index contributed by atoms with van der Waals surface area (Å²) in [6, 6.07) is 10.3. The summed E-state index contributed by atoms with van der Waals surface area (Å²) in [5.41, 5.74) is 5.62. The highest BCUT2D eigenvalue weighted by atomic mass is 35.5. The summed E-state index contributed by atoms with van der Waals surface area (Å²) in [5, 5.41) is 5.03. The molecule has 170 valence electrons.